The van der Waals surface area contributed by atoms with Gasteiger partial charge < -0.3 is 14.8 Å². The molecule has 0 bridgehead atoms. The molecule has 1 N–H and O–H groups in total. The van der Waals surface area contributed by atoms with E-state index >= 15 is 0 Å². The fourth-order valence-electron chi connectivity index (χ4n) is 2.64. The van der Waals surface area contributed by atoms with Crippen LogP contribution in [-0.4, -0.2) is 25.4 Å². The summed E-state index contributed by atoms with van der Waals surface area (Å²) in [7, 11) is 1.52. The van der Waals surface area contributed by atoms with Gasteiger partial charge in [-0.15, -0.1) is 0 Å². The highest BCUT2D eigenvalue weighted by atomic mass is 16.5. The lowest BCUT2D eigenvalue weighted by atomic mass is 10.1. The third-order valence-electron chi connectivity index (χ3n) is 4.21. The summed E-state index contributed by atoms with van der Waals surface area (Å²) in [4.78, 5) is 24.6. The lowest BCUT2D eigenvalue weighted by Gasteiger charge is -2.10. The van der Waals surface area contributed by atoms with Gasteiger partial charge in [-0.1, -0.05) is 42.0 Å². The van der Waals surface area contributed by atoms with E-state index in [1.165, 1.54) is 7.11 Å². The number of methoxy groups -OCH3 is 1. The van der Waals surface area contributed by atoms with Gasteiger partial charge in [-0.05, 0) is 43.3 Å². The second-order valence-corrected chi connectivity index (χ2v) is 6.26. The minimum atomic E-state index is -0.263. The van der Waals surface area contributed by atoms with Crippen molar-refractivity contribution in [2.45, 2.75) is 6.92 Å². The summed E-state index contributed by atoms with van der Waals surface area (Å²) in [6.45, 7) is 1.93. The van der Waals surface area contributed by atoms with E-state index in [2.05, 4.69) is 5.32 Å². The van der Waals surface area contributed by atoms with Crippen LogP contribution in [0.3, 0.4) is 0 Å². The molecule has 0 spiro atoms. The summed E-state index contributed by atoms with van der Waals surface area (Å²) in [5.41, 5.74) is 2.79. The van der Waals surface area contributed by atoms with E-state index < -0.39 is 0 Å². The number of carbonyl (C=O) groups is 2. The number of hydrogen-bond acceptors (Lipinski definition) is 4. The Kier molecular flexibility index (Phi) is 6.07. The van der Waals surface area contributed by atoms with Gasteiger partial charge in [-0.25, -0.2) is 0 Å². The second-order valence-electron chi connectivity index (χ2n) is 6.26. The molecule has 0 radical (unpaired) electrons. The zero-order valence-corrected chi connectivity index (χ0v) is 15.8. The van der Waals surface area contributed by atoms with E-state index in [0.717, 1.165) is 5.56 Å². The maximum Gasteiger partial charge on any atom is 0.259 e. The number of carbonyl (C=O) groups excluding carboxylic acids is 2. The number of benzene rings is 3. The van der Waals surface area contributed by atoms with Crippen LogP contribution in [-0.2, 0) is 0 Å². The molecule has 0 aliphatic heterocycles. The molecule has 0 saturated carbocycles. The van der Waals surface area contributed by atoms with Gasteiger partial charge in [0, 0.05) is 11.3 Å². The summed E-state index contributed by atoms with van der Waals surface area (Å²) in [5, 5.41) is 2.81. The number of hydrogen-bond donors (Lipinski definition) is 1. The average Bonchev–Trinajstić information content (AvgIpc) is 2.73. The van der Waals surface area contributed by atoms with Crippen molar-refractivity contribution in [3.63, 3.8) is 0 Å². The van der Waals surface area contributed by atoms with E-state index in [0.29, 0.717) is 28.3 Å². The molecule has 28 heavy (non-hydrogen) atoms. The van der Waals surface area contributed by atoms with Gasteiger partial charge in [0.2, 0.25) is 0 Å². The van der Waals surface area contributed by atoms with Gasteiger partial charge in [0.15, 0.2) is 12.4 Å². The zero-order chi connectivity index (χ0) is 19.9. The lowest BCUT2D eigenvalue weighted by molar-refractivity contribution is 0.0921. The zero-order valence-electron chi connectivity index (χ0n) is 15.8. The molecule has 142 valence electrons. The molecular weight excluding hydrogens is 354 g/mol. The summed E-state index contributed by atoms with van der Waals surface area (Å²) in [6.07, 6.45) is 0. The Bertz CT molecular complexity index is 963. The maximum atomic E-state index is 12.4. The van der Waals surface area contributed by atoms with Gasteiger partial charge in [0.1, 0.15) is 11.5 Å². The highest BCUT2D eigenvalue weighted by molar-refractivity contribution is 6.06. The van der Waals surface area contributed by atoms with Crippen LogP contribution in [0.1, 0.15) is 26.3 Å². The Hall–Kier alpha value is -3.60. The fourth-order valence-corrected chi connectivity index (χ4v) is 2.64. The van der Waals surface area contributed by atoms with Gasteiger partial charge >= 0.3 is 0 Å². The highest BCUT2D eigenvalue weighted by Crippen LogP contribution is 2.21. The Morgan fingerprint density at radius 1 is 0.893 bits per heavy atom. The Morgan fingerprint density at radius 3 is 2.25 bits per heavy atom. The molecule has 0 aliphatic rings. The molecule has 1 amide bonds. The fraction of sp³-hybridized carbons (Fsp3) is 0.130. The molecule has 0 fully saturated rings. The largest absolute Gasteiger partial charge is 0.496 e. The molecule has 3 rings (SSSR count). The first-order chi connectivity index (χ1) is 13.6. The molecular formula is C23H21NO4. The average molecular weight is 375 g/mol. The van der Waals surface area contributed by atoms with E-state index in [-0.39, 0.29) is 18.3 Å². The number of rotatable bonds is 7. The first kappa shape index (κ1) is 19.2. The summed E-state index contributed by atoms with van der Waals surface area (Å²) in [5.74, 6) is 0.708. The lowest BCUT2D eigenvalue weighted by Crippen LogP contribution is -2.13. The third kappa shape index (κ3) is 4.76. The Balaban J connectivity index is 1.58. The number of amides is 1. The van der Waals surface area contributed by atoms with E-state index in [4.69, 9.17) is 9.47 Å². The molecule has 0 heterocycles. The number of ether oxygens (including phenoxy) is 2. The van der Waals surface area contributed by atoms with Crippen molar-refractivity contribution in [3.8, 4) is 11.5 Å². The number of aryl methyl sites for hydroxylation is 1. The van der Waals surface area contributed by atoms with Crippen molar-refractivity contribution in [2.75, 3.05) is 19.0 Å². The summed E-state index contributed by atoms with van der Waals surface area (Å²) >= 11 is 0. The molecule has 0 saturated heterocycles. The third-order valence-corrected chi connectivity index (χ3v) is 4.21. The van der Waals surface area contributed by atoms with Crippen molar-refractivity contribution in [3.05, 3.63) is 89.5 Å². The number of ketones is 1. The second kappa shape index (κ2) is 8.86. The van der Waals surface area contributed by atoms with Crippen LogP contribution in [0.25, 0.3) is 0 Å². The van der Waals surface area contributed by atoms with Crippen molar-refractivity contribution in [1.29, 1.82) is 0 Å². The molecule has 0 atom stereocenters. The first-order valence-corrected chi connectivity index (χ1v) is 8.84. The predicted molar refractivity (Wildman–Crippen MR) is 108 cm³/mol. The number of Topliss-reactive ketones (excluding diaryl/α,β-unsaturated/α-hetero) is 1. The van der Waals surface area contributed by atoms with Gasteiger partial charge in [0.25, 0.3) is 5.91 Å². The quantitative estimate of drug-likeness (QED) is 0.617. The van der Waals surface area contributed by atoms with E-state index in [9.17, 15) is 9.59 Å². The van der Waals surface area contributed by atoms with Crippen LogP contribution in [0.5, 0.6) is 11.5 Å². The Labute approximate surface area is 163 Å². The highest BCUT2D eigenvalue weighted by Gasteiger charge is 2.12. The van der Waals surface area contributed by atoms with Crippen LogP contribution in [0.2, 0.25) is 0 Å². The van der Waals surface area contributed by atoms with Crippen LogP contribution in [0.4, 0.5) is 5.69 Å². The molecule has 3 aromatic carbocycles. The van der Waals surface area contributed by atoms with Crippen LogP contribution in [0.15, 0.2) is 72.8 Å². The van der Waals surface area contributed by atoms with E-state index in [1.54, 1.807) is 60.7 Å². The molecule has 5 nitrogen and oxygen atoms in total. The molecule has 0 aliphatic carbocycles. The minimum absolute atomic E-state index is 0.0457. The normalized spacial score (nSPS) is 10.2. The van der Waals surface area contributed by atoms with Crippen molar-refractivity contribution < 1.29 is 19.1 Å². The van der Waals surface area contributed by atoms with Crippen LogP contribution < -0.4 is 14.8 Å². The summed E-state index contributed by atoms with van der Waals surface area (Å²) in [6, 6.07) is 21.2. The van der Waals surface area contributed by atoms with Gasteiger partial charge in [-0.2, -0.15) is 0 Å². The molecule has 5 heteroatoms. The number of nitrogens with one attached hydrogen (secondary N) is 1. The summed E-state index contributed by atoms with van der Waals surface area (Å²) < 4.78 is 10.8. The first-order valence-electron chi connectivity index (χ1n) is 8.84. The van der Waals surface area contributed by atoms with Crippen LogP contribution in [0, 0.1) is 6.92 Å². The van der Waals surface area contributed by atoms with Gasteiger partial charge in [-0.3, -0.25) is 9.59 Å². The predicted octanol–water partition coefficient (Wildman–Crippen LogP) is 4.52. The van der Waals surface area contributed by atoms with E-state index in [1.807, 2.05) is 19.1 Å². The molecule has 3 aromatic rings. The van der Waals surface area contributed by atoms with Gasteiger partial charge in [0.05, 0.1) is 12.7 Å². The molecule has 0 aromatic heterocycles. The monoisotopic (exact) mass is 375 g/mol. The number of anilines is 1. The minimum Gasteiger partial charge on any atom is -0.496 e. The maximum absolute atomic E-state index is 12.4. The SMILES string of the molecule is COc1ccccc1C(=O)Nc1ccc(OCC(=O)c2ccc(C)cc2)cc1. The topological polar surface area (TPSA) is 64.6 Å². The van der Waals surface area contributed by atoms with Crippen molar-refractivity contribution in [2.24, 2.45) is 0 Å². The number of para-hydroxylation sites is 1. The van der Waals surface area contributed by atoms with Crippen molar-refractivity contribution in [1.82, 2.24) is 0 Å². The molecule has 0 unspecified atom stereocenters. The standard InChI is InChI=1S/C23H21NO4/c1-16-7-9-17(10-8-16)21(25)15-28-19-13-11-18(12-14-19)24-23(26)20-5-3-4-6-22(20)27-2/h3-14H,15H2,1-2H3,(H,24,26). The van der Waals surface area contributed by atoms with Crippen molar-refractivity contribution >= 4 is 17.4 Å². The van der Waals surface area contributed by atoms with Crippen LogP contribution >= 0.6 is 0 Å². The Morgan fingerprint density at radius 2 is 1.57 bits per heavy atom. The smallest absolute Gasteiger partial charge is 0.259 e.